The molecule has 2 aromatic carbocycles. The zero-order chi connectivity index (χ0) is 19.3. The summed E-state index contributed by atoms with van der Waals surface area (Å²) >= 11 is 0. The Morgan fingerprint density at radius 1 is 0.700 bits per heavy atom. The first-order valence-electron chi connectivity index (χ1n) is 9.55. The van der Waals surface area contributed by atoms with E-state index >= 15 is 0 Å². The SMILES string of the molecule is CC1=[C-]C(C)([Si](C)(c2ccc(C)cc2)c2cc(C)cc(C)c2)C(C)=C1C.[CH3-].[CH3-].[CH3-].[Ti+4]. The second-order valence-electron chi connectivity index (χ2n) is 8.49. The molecule has 2 atom stereocenters. The molecule has 0 radical (unpaired) electrons. The number of hydrogen-bond acceptors (Lipinski definition) is 0. The van der Waals surface area contributed by atoms with Crippen molar-refractivity contribution in [3.8, 4) is 0 Å². The van der Waals surface area contributed by atoms with Crippen molar-refractivity contribution in [1.82, 2.24) is 0 Å². The quantitative estimate of drug-likeness (QED) is 0.347. The van der Waals surface area contributed by atoms with Crippen LogP contribution in [0.5, 0.6) is 0 Å². The van der Waals surface area contributed by atoms with Crippen LogP contribution in [-0.4, -0.2) is 8.07 Å². The summed E-state index contributed by atoms with van der Waals surface area (Å²) in [6.07, 6.45) is 3.93. The summed E-state index contributed by atoms with van der Waals surface area (Å²) in [5.74, 6) is 0. The molecule has 2 heteroatoms. The van der Waals surface area contributed by atoms with Crippen LogP contribution in [0.25, 0.3) is 0 Å². The average molecular weight is 453 g/mol. The predicted molar refractivity (Wildman–Crippen MR) is 136 cm³/mol. The van der Waals surface area contributed by atoms with Gasteiger partial charge < -0.3 is 22.3 Å². The molecular weight excluding hydrogens is 412 g/mol. The first-order valence-corrected chi connectivity index (χ1v) is 12.1. The van der Waals surface area contributed by atoms with Crippen molar-refractivity contribution < 1.29 is 21.7 Å². The zero-order valence-corrected chi connectivity index (χ0v) is 23.6. The molecule has 0 spiro atoms. The van der Waals surface area contributed by atoms with Gasteiger partial charge in [-0.25, -0.2) is 5.57 Å². The molecule has 3 rings (SSSR count). The van der Waals surface area contributed by atoms with E-state index in [1.165, 1.54) is 43.8 Å². The second kappa shape index (κ2) is 10.9. The van der Waals surface area contributed by atoms with E-state index in [1.807, 2.05) is 0 Å². The van der Waals surface area contributed by atoms with Crippen molar-refractivity contribution in [3.63, 3.8) is 0 Å². The van der Waals surface area contributed by atoms with Gasteiger partial charge in [-0.05, 0) is 20.8 Å². The summed E-state index contributed by atoms with van der Waals surface area (Å²) in [5.41, 5.74) is 8.26. The smallest absolute Gasteiger partial charge is 0.358 e. The molecule has 1 aliphatic carbocycles. The van der Waals surface area contributed by atoms with Gasteiger partial charge in [0.25, 0.3) is 0 Å². The Morgan fingerprint density at radius 3 is 1.57 bits per heavy atom. The first kappa shape index (κ1) is 31.0. The minimum atomic E-state index is -2.12. The van der Waals surface area contributed by atoms with Gasteiger partial charge in [-0.1, -0.05) is 102 Å². The molecule has 0 saturated carbocycles. The van der Waals surface area contributed by atoms with Crippen LogP contribution in [0, 0.1) is 49.1 Å². The van der Waals surface area contributed by atoms with E-state index in [1.54, 1.807) is 0 Å². The van der Waals surface area contributed by atoms with Crippen molar-refractivity contribution in [2.45, 2.75) is 60.1 Å². The fourth-order valence-electron chi connectivity index (χ4n) is 4.61. The molecule has 0 fully saturated rings. The van der Waals surface area contributed by atoms with Crippen molar-refractivity contribution >= 4 is 18.4 Å². The van der Waals surface area contributed by atoms with E-state index in [2.05, 4.69) is 104 Å². The Bertz CT molecular complexity index is 900. The molecule has 1 aliphatic rings. The van der Waals surface area contributed by atoms with Crippen molar-refractivity contribution in [1.29, 1.82) is 0 Å². The fourth-order valence-corrected chi connectivity index (χ4v) is 9.34. The molecule has 0 aliphatic heterocycles. The van der Waals surface area contributed by atoms with Gasteiger partial charge in [0.15, 0.2) is 0 Å². The topological polar surface area (TPSA) is 0 Å². The summed E-state index contributed by atoms with van der Waals surface area (Å²) in [7, 11) is -2.12. The Morgan fingerprint density at radius 2 is 1.17 bits per heavy atom. The van der Waals surface area contributed by atoms with Crippen LogP contribution in [-0.2, 0) is 21.7 Å². The van der Waals surface area contributed by atoms with Gasteiger partial charge >= 0.3 is 21.7 Å². The van der Waals surface area contributed by atoms with Gasteiger partial charge in [-0.15, -0.1) is 6.92 Å². The summed E-state index contributed by atoms with van der Waals surface area (Å²) in [6, 6.07) is 16.4. The number of benzene rings is 2. The third-order valence-corrected chi connectivity index (χ3v) is 12.2. The zero-order valence-electron chi connectivity index (χ0n) is 21.0. The van der Waals surface area contributed by atoms with E-state index in [0.29, 0.717) is 0 Å². The Hall–Kier alpha value is -1.15. The molecule has 2 aromatic rings. The molecule has 0 heterocycles. The van der Waals surface area contributed by atoms with Gasteiger partial charge in [0.2, 0.25) is 0 Å². The molecule has 160 valence electrons. The molecule has 2 unspecified atom stereocenters. The molecule has 0 nitrogen and oxygen atoms in total. The summed E-state index contributed by atoms with van der Waals surface area (Å²) in [4.78, 5) is 0. The van der Waals surface area contributed by atoms with Crippen molar-refractivity contribution in [3.05, 3.63) is 104 Å². The summed E-state index contributed by atoms with van der Waals surface area (Å²) in [6.45, 7) is 18.4. The number of allylic oxidation sites excluding steroid dienone is 4. The van der Waals surface area contributed by atoms with Crippen LogP contribution in [0.4, 0.5) is 0 Å². The van der Waals surface area contributed by atoms with E-state index in [-0.39, 0.29) is 49.0 Å². The number of aryl methyl sites for hydroxylation is 3. The van der Waals surface area contributed by atoms with E-state index < -0.39 is 8.07 Å². The average Bonchev–Trinajstić information content (AvgIpc) is 2.78. The maximum absolute atomic E-state index is 3.93. The Balaban J connectivity index is 0. The maximum atomic E-state index is 3.93. The molecule has 30 heavy (non-hydrogen) atoms. The summed E-state index contributed by atoms with van der Waals surface area (Å²) in [5, 5.41) is 2.97. The predicted octanol–water partition coefficient (Wildman–Crippen LogP) is 7.01. The van der Waals surface area contributed by atoms with Crippen LogP contribution >= 0.6 is 0 Å². The van der Waals surface area contributed by atoms with Crippen LogP contribution in [0.3, 0.4) is 0 Å². The normalized spacial score (nSPS) is 19.4. The van der Waals surface area contributed by atoms with Crippen molar-refractivity contribution in [2.75, 3.05) is 0 Å². The fraction of sp³-hybridized carbons (Fsp3) is 0.321. The van der Waals surface area contributed by atoms with Crippen LogP contribution in [0.15, 0.2) is 59.2 Å². The van der Waals surface area contributed by atoms with E-state index in [4.69, 9.17) is 0 Å². The Labute approximate surface area is 203 Å². The second-order valence-corrected chi connectivity index (χ2v) is 12.9. The molecular formula is C28H40SiTi. The van der Waals surface area contributed by atoms with Crippen LogP contribution < -0.4 is 10.4 Å². The number of rotatable bonds is 3. The third kappa shape index (κ3) is 4.85. The third-order valence-electron chi connectivity index (χ3n) is 6.74. The van der Waals surface area contributed by atoms with Crippen LogP contribution in [0.1, 0.15) is 44.4 Å². The van der Waals surface area contributed by atoms with Crippen molar-refractivity contribution in [2.24, 2.45) is 0 Å². The minimum absolute atomic E-state index is 0. The molecule has 0 amide bonds. The molecule has 0 N–H and O–H groups in total. The minimum Gasteiger partial charge on any atom is -0.358 e. The first-order chi connectivity index (χ1) is 12.1. The Kier molecular flexibility index (Phi) is 11.3. The van der Waals surface area contributed by atoms with Gasteiger partial charge in [-0.2, -0.15) is 11.1 Å². The van der Waals surface area contributed by atoms with Crippen LogP contribution in [0.2, 0.25) is 11.6 Å². The molecule has 0 aromatic heterocycles. The van der Waals surface area contributed by atoms with E-state index in [0.717, 1.165) is 0 Å². The maximum Gasteiger partial charge on any atom is 4.00 e. The van der Waals surface area contributed by atoms with Gasteiger partial charge in [0.05, 0.1) is 0 Å². The molecule has 0 saturated heterocycles. The largest absolute Gasteiger partial charge is 4.00 e. The standard InChI is InChI=1S/C25H31Si.3CH3.Ti/c1-17-9-11-23(12-10-17)26(8,24-14-18(2)13-19(3)15-24)25(7)16-20(4)21(5)22(25)6;;;;/h9-15H,1-8H3;3*1H3;/q4*-1;+4. The number of hydrogen-bond donors (Lipinski definition) is 0. The molecule has 0 bridgehead atoms. The van der Waals surface area contributed by atoms with Gasteiger partial charge in [0, 0.05) is 0 Å². The monoisotopic (exact) mass is 452 g/mol. The van der Waals surface area contributed by atoms with E-state index in [9.17, 15) is 0 Å². The van der Waals surface area contributed by atoms with Gasteiger partial charge in [0.1, 0.15) is 8.07 Å². The summed E-state index contributed by atoms with van der Waals surface area (Å²) < 4.78 is 0. The van der Waals surface area contributed by atoms with Gasteiger partial charge in [-0.3, -0.25) is 6.08 Å².